The molecule has 0 spiro atoms. The van der Waals surface area contributed by atoms with Crippen molar-refractivity contribution in [2.75, 3.05) is 24.5 Å². The number of rotatable bonds is 3. The van der Waals surface area contributed by atoms with Crippen LogP contribution in [-0.2, 0) is 0 Å². The Bertz CT molecular complexity index is 534. The zero-order valence-electron chi connectivity index (χ0n) is 9.60. The van der Waals surface area contributed by atoms with E-state index in [1.54, 1.807) is 0 Å². The molecular formula is C11H14BrN5. The van der Waals surface area contributed by atoms with Crippen LogP contribution in [0.4, 0.5) is 5.95 Å². The van der Waals surface area contributed by atoms with Crippen LogP contribution in [0.2, 0.25) is 0 Å². The molecular weight excluding hydrogens is 282 g/mol. The summed E-state index contributed by atoms with van der Waals surface area (Å²) >= 11 is 3.44. The van der Waals surface area contributed by atoms with Crippen LogP contribution in [0.15, 0.2) is 22.8 Å². The largest absolute Gasteiger partial charge is 0.334 e. The fraction of sp³-hybridized carbons (Fsp3) is 0.455. The summed E-state index contributed by atoms with van der Waals surface area (Å²) in [6.45, 7) is 5.12. The van der Waals surface area contributed by atoms with Gasteiger partial charge in [-0.2, -0.15) is 4.98 Å². The first-order valence-electron chi connectivity index (χ1n) is 5.77. The molecule has 3 rings (SSSR count). The molecule has 5 nitrogen and oxygen atoms in total. The van der Waals surface area contributed by atoms with Crippen molar-refractivity contribution in [3.8, 4) is 0 Å². The minimum atomic E-state index is 0.529. The molecule has 1 aliphatic rings. The van der Waals surface area contributed by atoms with Gasteiger partial charge in [0, 0.05) is 30.3 Å². The van der Waals surface area contributed by atoms with E-state index in [9.17, 15) is 0 Å². The number of hydrogen-bond acceptors (Lipinski definition) is 4. The van der Waals surface area contributed by atoms with E-state index in [0.717, 1.165) is 35.7 Å². The van der Waals surface area contributed by atoms with Gasteiger partial charge in [0.25, 0.3) is 0 Å². The molecule has 1 N–H and O–H groups in total. The van der Waals surface area contributed by atoms with Gasteiger partial charge < -0.3 is 10.2 Å². The summed E-state index contributed by atoms with van der Waals surface area (Å²) in [7, 11) is 0. The molecule has 2 aromatic heterocycles. The van der Waals surface area contributed by atoms with Crippen LogP contribution in [-0.4, -0.2) is 40.3 Å². The number of pyridine rings is 1. The third kappa shape index (κ3) is 1.91. The van der Waals surface area contributed by atoms with Crippen molar-refractivity contribution in [2.24, 2.45) is 0 Å². The molecule has 3 heterocycles. The highest BCUT2D eigenvalue weighted by Gasteiger charge is 2.26. The summed E-state index contributed by atoms with van der Waals surface area (Å²) in [6, 6.07) is 4.48. The van der Waals surface area contributed by atoms with Gasteiger partial charge in [-0.05, 0) is 35.0 Å². The molecule has 0 radical (unpaired) electrons. The van der Waals surface area contributed by atoms with Crippen LogP contribution in [0.3, 0.4) is 0 Å². The number of anilines is 1. The van der Waals surface area contributed by atoms with Crippen molar-refractivity contribution in [2.45, 2.75) is 13.0 Å². The van der Waals surface area contributed by atoms with Gasteiger partial charge in [-0.3, -0.25) is 0 Å². The Morgan fingerprint density at radius 3 is 3.00 bits per heavy atom. The summed E-state index contributed by atoms with van der Waals surface area (Å²) in [4.78, 5) is 6.80. The first-order chi connectivity index (χ1) is 8.28. The van der Waals surface area contributed by atoms with Crippen LogP contribution in [0.1, 0.15) is 6.92 Å². The molecule has 17 heavy (non-hydrogen) atoms. The molecule has 0 saturated carbocycles. The van der Waals surface area contributed by atoms with Gasteiger partial charge in [0.1, 0.15) is 0 Å². The Kier molecular flexibility index (Phi) is 2.76. The molecule has 1 fully saturated rings. The average molecular weight is 296 g/mol. The predicted molar refractivity (Wildman–Crippen MR) is 70.4 cm³/mol. The monoisotopic (exact) mass is 295 g/mol. The van der Waals surface area contributed by atoms with Crippen LogP contribution < -0.4 is 10.2 Å². The number of aromatic nitrogens is 3. The van der Waals surface area contributed by atoms with E-state index in [4.69, 9.17) is 0 Å². The molecule has 1 aliphatic heterocycles. The lowest BCUT2D eigenvalue weighted by atomic mass is 10.1. The molecule has 1 saturated heterocycles. The third-order valence-corrected chi connectivity index (χ3v) is 3.55. The number of nitrogens with zero attached hydrogens (tertiary/aromatic N) is 4. The smallest absolute Gasteiger partial charge is 0.246 e. The molecule has 2 aromatic rings. The second kappa shape index (κ2) is 4.27. The van der Waals surface area contributed by atoms with E-state index in [0.29, 0.717) is 6.04 Å². The lowest BCUT2D eigenvalue weighted by molar-refractivity contribution is 0.413. The average Bonchev–Trinajstić information content (AvgIpc) is 2.65. The summed E-state index contributed by atoms with van der Waals surface area (Å²) in [5, 5.41) is 7.80. The summed E-state index contributed by atoms with van der Waals surface area (Å²) in [5.41, 5.74) is 0.883. The maximum Gasteiger partial charge on any atom is 0.246 e. The zero-order valence-corrected chi connectivity index (χ0v) is 11.2. The Morgan fingerprint density at radius 2 is 2.35 bits per heavy atom. The van der Waals surface area contributed by atoms with E-state index >= 15 is 0 Å². The number of hydrogen-bond donors (Lipinski definition) is 1. The fourth-order valence-electron chi connectivity index (χ4n) is 2.02. The Hall–Kier alpha value is -1.14. The molecule has 0 amide bonds. The van der Waals surface area contributed by atoms with E-state index in [1.807, 2.05) is 22.8 Å². The molecule has 0 aliphatic carbocycles. The second-order valence-corrected chi connectivity index (χ2v) is 5.08. The Labute approximate surface area is 108 Å². The standard InChI is InChI=1S/C11H14BrN5/c1-2-16(9-5-13-6-9)11-14-10-4-3-8(12)7-17(10)15-11/h3-4,7,9,13H,2,5-6H2,1H3. The maximum absolute atomic E-state index is 4.56. The van der Waals surface area contributed by atoms with Crippen LogP contribution >= 0.6 is 15.9 Å². The molecule has 0 atom stereocenters. The SMILES string of the molecule is CCN(c1nc2ccc(Br)cn2n1)C1CNC1. The van der Waals surface area contributed by atoms with Crippen molar-refractivity contribution in [3.05, 3.63) is 22.8 Å². The predicted octanol–water partition coefficient (Wildman–Crippen LogP) is 1.29. The molecule has 0 bridgehead atoms. The zero-order chi connectivity index (χ0) is 11.8. The Morgan fingerprint density at radius 1 is 1.53 bits per heavy atom. The van der Waals surface area contributed by atoms with Gasteiger partial charge in [0.05, 0.1) is 6.04 Å². The molecule has 90 valence electrons. The second-order valence-electron chi connectivity index (χ2n) is 4.16. The van der Waals surface area contributed by atoms with Crippen molar-refractivity contribution >= 4 is 27.5 Å². The Balaban J connectivity index is 1.98. The first-order valence-corrected chi connectivity index (χ1v) is 6.56. The highest BCUT2D eigenvalue weighted by molar-refractivity contribution is 9.10. The lowest BCUT2D eigenvalue weighted by Gasteiger charge is -2.36. The topological polar surface area (TPSA) is 45.5 Å². The van der Waals surface area contributed by atoms with Crippen LogP contribution in [0, 0.1) is 0 Å². The van der Waals surface area contributed by atoms with Gasteiger partial charge in [-0.15, -0.1) is 5.10 Å². The fourth-order valence-corrected chi connectivity index (χ4v) is 2.35. The number of halogens is 1. The molecule has 0 unspecified atom stereocenters. The third-order valence-electron chi connectivity index (χ3n) is 3.08. The number of fused-ring (bicyclic) bond motifs is 1. The minimum Gasteiger partial charge on any atom is -0.334 e. The van der Waals surface area contributed by atoms with Crippen molar-refractivity contribution in [1.82, 2.24) is 19.9 Å². The van der Waals surface area contributed by atoms with Crippen molar-refractivity contribution in [3.63, 3.8) is 0 Å². The first kappa shape index (κ1) is 11.0. The van der Waals surface area contributed by atoms with Gasteiger partial charge in [-0.1, -0.05) is 0 Å². The van der Waals surface area contributed by atoms with Gasteiger partial charge in [0.15, 0.2) is 5.65 Å². The number of likely N-dealkylation sites (N-methyl/N-ethyl adjacent to an activating group) is 1. The number of nitrogens with one attached hydrogen (secondary N) is 1. The van der Waals surface area contributed by atoms with Crippen LogP contribution in [0.25, 0.3) is 5.65 Å². The summed E-state index contributed by atoms with van der Waals surface area (Å²) in [5.74, 6) is 0.817. The van der Waals surface area contributed by atoms with E-state index in [2.05, 4.69) is 43.2 Å². The normalized spacial score (nSPS) is 16.1. The van der Waals surface area contributed by atoms with Gasteiger partial charge in [0.2, 0.25) is 5.95 Å². The van der Waals surface area contributed by atoms with Crippen LogP contribution in [0.5, 0.6) is 0 Å². The van der Waals surface area contributed by atoms with E-state index in [1.165, 1.54) is 0 Å². The van der Waals surface area contributed by atoms with E-state index < -0.39 is 0 Å². The highest BCUT2D eigenvalue weighted by Crippen LogP contribution is 2.17. The van der Waals surface area contributed by atoms with E-state index in [-0.39, 0.29) is 0 Å². The van der Waals surface area contributed by atoms with Crippen molar-refractivity contribution in [1.29, 1.82) is 0 Å². The summed E-state index contributed by atoms with van der Waals surface area (Å²) < 4.78 is 2.82. The lowest BCUT2D eigenvalue weighted by Crippen LogP contribution is -2.57. The van der Waals surface area contributed by atoms with Crippen molar-refractivity contribution < 1.29 is 0 Å². The quantitative estimate of drug-likeness (QED) is 0.927. The molecule has 0 aromatic carbocycles. The maximum atomic E-state index is 4.56. The van der Waals surface area contributed by atoms with Gasteiger partial charge >= 0.3 is 0 Å². The summed E-state index contributed by atoms with van der Waals surface area (Å²) in [6.07, 6.45) is 1.93. The highest BCUT2D eigenvalue weighted by atomic mass is 79.9. The van der Waals surface area contributed by atoms with Gasteiger partial charge in [-0.25, -0.2) is 4.52 Å². The minimum absolute atomic E-state index is 0.529. The molecule has 6 heteroatoms.